The van der Waals surface area contributed by atoms with E-state index in [0.717, 1.165) is 50.6 Å². The average Bonchev–Trinajstić information content (AvgIpc) is 2.76. The van der Waals surface area contributed by atoms with Crippen molar-refractivity contribution in [2.24, 2.45) is 0 Å². The molecule has 0 atom stereocenters. The third kappa shape index (κ3) is 5.25. The van der Waals surface area contributed by atoms with Crippen LogP contribution < -0.4 is 10.6 Å². The van der Waals surface area contributed by atoms with Crippen LogP contribution in [0.15, 0.2) is 6.07 Å². The minimum Gasteiger partial charge on any atom is -0.383 e. The zero-order chi connectivity index (χ0) is 11.6. The summed E-state index contributed by atoms with van der Waals surface area (Å²) in [7, 11) is 1.71. The van der Waals surface area contributed by atoms with Gasteiger partial charge in [0.2, 0.25) is 0 Å². The first kappa shape index (κ1) is 13.2. The van der Waals surface area contributed by atoms with Crippen LogP contribution in [0.25, 0.3) is 0 Å². The number of aromatic amines is 1. The van der Waals surface area contributed by atoms with Gasteiger partial charge in [-0.25, -0.2) is 0 Å². The van der Waals surface area contributed by atoms with Gasteiger partial charge in [0.05, 0.1) is 12.3 Å². The van der Waals surface area contributed by atoms with Crippen LogP contribution in [-0.4, -0.2) is 43.5 Å². The summed E-state index contributed by atoms with van der Waals surface area (Å²) in [6.07, 6.45) is 0.981. The molecule has 1 aromatic heterocycles. The van der Waals surface area contributed by atoms with Gasteiger partial charge in [0, 0.05) is 39.0 Å². The monoisotopic (exact) mass is 226 g/mol. The Morgan fingerprint density at radius 2 is 2.12 bits per heavy atom. The van der Waals surface area contributed by atoms with Crippen LogP contribution in [-0.2, 0) is 17.7 Å². The lowest BCUT2D eigenvalue weighted by Gasteiger charge is -2.04. The van der Waals surface area contributed by atoms with Crippen molar-refractivity contribution >= 4 is 0 Å². The Morgan fingerprint density at radius 1 is 1.31 bits per heavy atom. The quantitative estimate of drug-likeness (QED) is 0.530. The molecule has 1 heterocycles. The van der Waals surface area contributed by atoms with Gasteiger partial charge in [-0.15, -0.1) is 0 Å². The normalized spacial score (nSPS) is 10.9. The highest BCUT2D eigenvalue weighted by atomic mass is 16.5. The molecule has 0 spiro atoms. The van der Waals surface area contributed by atoms with Gasteiger partial charge in [-0.2, -0.15) is 5.10 Å². The number of hydrogen-bond acceptors (Lipinski definition) is 4. The number of methoxy groups -OCH3 is 1. The standard InChI is InChI=1S/C11H22N4O/c1-3-10-8-11(15-14-10)9-13-5-4-12-6-7-16-2/h8,12-13H,3-7,9H2,1-2H3,(H,14,15). The first-order valence-corrected chi connectivity index (χ1v) is 5.80. The van der Waals surface area contributed by atoms with Gasteiger partial charge in [-0.3, -0.25) is 5.10 Å². The van der Waals surface area contributed by atoms with Crippen LogP contribution in [0.5, 0.6) is 0 Å². The number of hydrogen-bond donors (Lipinski definition) is 3. The van der Waals surface area contributed by atoms with E-state index in [4.69, 9.17) is 4.74 Å². The number of ether oxygens (including phenoxy) is 1. The molecule has 0 aliphatic carbocycles. The third-order valence-corrected chi connectivity index (χ3v) is 2.32. The largest absolute Gasteiger partial charge is 0.383 e. The molecule has 0 aliphatic heterocycles. The summed E-state index contributed by atoms with van der Waals surface area (Å²) < 4.78 is 4.94. The Balaban J connectivity index is 1.98. The fraction of sp³-hybridized carbons (Fsp3) is 0.727. The molecule has 16 heavy (non-hydrogen) atoms. The van der Waals surface area contributed by atoms with E-state index >= 15 is 0 Å². The van der Waals surface area contributed by atoms with Gasteiger partial charge in [0.15, 0.2) is 0 Å². The SMILES string of the molecule is CCc1cc(CNCCNCCOC)[nH]n1. The van der Waals surface area contributed by atoms with Gasteiger partial charge in [-0.1, -0.05) is 6.92 Å². The van der Waals surface area contributed by atoms with E-state index in [-0.39, 0.29) is 0 Å². The predicted octanol–water partition coefficient (Wildman–Crippen LogP) is 0.298. The molecule has 0 saturated carbocycles. The Hall–Kier alpha value is -0.910. The molecule has 0 unspecified atom stereocenters. The van der Waals surface area contributed by atoms with Gasteiger partial charge in [0.1, 0.15) is 0 Å². The molecule has 3 N–H and O–H groups in total. The maximum atomic E-state index is 4.94. The fourth-order valence-electron chi connectivity index (χ4n) is 1.38. The van der Waals surface area contributed by atoms with Crippen molar-refractivity contribution in [2.75, 3.05) is 33.4 Å². The van der Waals surface area contributed by atoms with Crippen molar-refractivity contribution in [3.63, 3.8) is 0 Å². The number of rotatable bonds is 9. The van der Waals surface area contributed by atoms with Crippen LogP contribution in [0.2, 0.25) is 0 Å². The molecule has 0 fully saturated rings. The lowest BCUT2D eigenvalue weighted by atomic mass is 10.3. The van der Waals surface area contributed by atoms with Crippen molar-refractivity contribution in [2.45, 2.75) is 19.9 Å². The second kappa shape index (κ2) is 8.27. The lowest BCUT2D eigenvalue weighted by molar-refractivity contribution is 0.199. The third-order valence-electron chi connectivity index (χ3n) is 2.32. The van der Waals surface area contributed by atoms with Crippen molar-refractivity contribution in [1.29, 1.82) is 0 Å². The molecular weight excluding hydrogens is 204 g/mol. The number of aryl methyl sites for hydroxylation is 1. The smallest absolute Gasteiger partial charge is 0.0622 e. The molecule has 0 amide bonds. The van der Waals surface area contributed by atoms with Crippen LogP contribution in [0.1, 0.15) is 18.3 Å². The van der Waals surface area contributed by atoms with E-state index < -0.39 is 0 Å². The maximum absolute atomic E-state index is 4.94. The summed E-state index contributed by atoms with van der Waals surface area (Å²) in [5, 5.41) is 13.8. The van der Waals surface area contributed by atoms with E-state index in [1.165, 1.54) is 0 Å². The molecular formula is C11H22N4O. The number of H-pyrrole nitrogens is 1. The number of aromatic nitrogens is 2. The Bertz CT molecular complexity index is 275. The summed E-state index contributed by atoms with van der Waals surface area (Å²) in [6.45, 7) is 6.52. The van der Waals surface area contributed by atoms with Crippen LogP contribution >= 0.6 is 0 Å². The molecule has 5 nitrogen and oxygen atoms in total. The molecule has 92 valence electrons. The summed E-state index contributed by atoms with van der Waals surface area (Å²) in [4.78, 5) is 0. The van der Waals surface area contributed by atoms with Crippen molar-refractivity contribution in [1.82, 2.24) is 20.8 Å². The zero-order valence-corrected chi connectivity index (χ0v) is 10.2. The Kier molecular flexibility index (Phi) is 6.80. The van der Waals surface area contributed by atoms with E-state index in [1.54, 1.807) is 7.11 Å². The van der Waals surface area contributed by atoms with E-state index in [9.17, 15) is 0 Å². The van der Waals surface area contributed by atoms with Crippen LogP contribution in [0, 0.1) is 0 Å². The first-order chi connectivity index (χ1) is 7.86. The zero-order valence-electron chi connectivity index (χ0n) is 10.2. The van der Waals surface area contributed by atoms with E-state index in [1.807, 2.05) is 0 Å². The summed E-state index contributed by atoms with van der Waals surface area (Å²) in [5.41, 5.74) is 2.27. The van der Waals surface area contributed by atoms with E-state index in [2.05, 4.69) is 33.8 Å². The Labute approximate surface area is 97.0 Å². The highest BCUT2D eigenvalue weighted by Crippen LogP contribution is 1.98. The van der Waals surface area contributed by atoms with Crippen molar-refractivity contribution < 1.29 is 4.74 Å². The number of nitrogens with one attached hydrogen (secondary N) is 3. The molecule has 5 heteroatoms. The van der Waals surface area contributed by atoms with Crippen LogP contribution in [0.3, 0.4) is 0 Å². The summed E-state index contributed by atoms with van der Waals surface area (Å²) in [6, 6.07) is 2.10. The number of nitrogens with zero attached hydrogens (tertiary/aromatic N) is 1. The van der Waals surface area contributed by atoms with Gasteiger partial charge in [0.25, 0.3) is 0 Å². The predicted molar refractivity (Wildman–Crippen MR) is 64.4 cm³/mol. The summed E-state index contributed by atoms with van der Waals surface area (Å²) in [5.74, 6) is 0. The van der Waals surface area contributed by atoms with Crippen molar-refractivity contribution in [3.05, 3.63) is 17.5 Å². The van der Waals surface area contributed by atoms with Gasteiger partial charge >= 0.3 is 0 Å². The molecule has 0 aliphatic rings. The molecule has 1 aromatic rings. The second-order valence-corrected chi connectivity index (χ2v) is 3.66. The minimum absolute atomic E-state index is 0.764. The minimum atomic E-state index is 0.764. The van der Waals surface area contributed by atoms with E-state index in [0.29, 0.717) is 0 Å². The maximum Gasteiger partial charge on any atom is 0.0622 e. The summed E-state index contributed by atoms with van der Waals surface area (Å²) >= 11 is 0. The highest BCUT2D eigenvalue weighted by Gasteiger charge is 1.97. The van der Waals surface area contributed by atoms with Gasteiger partial charge < -0.3 is 15.4 Å². The molecule has 0 aromatic carbocycles. The first-order valence-electron chi connectivity index (χ1n) is 5.80. The topological polar surface area (TPSA) is 62.0 Å². The fourth-order valence-corrected chi connectivity index (χ4v) is 1.38. The average molecular weight is 226 g/mol. The second-order valence-electron chi connectivity index (χ2n) is 3.66. The Morgan fingerprint density at radius 3 is 2.81 bits per heavy atom. The molecule has 0 saturated heterocycles. The molecule has 0 radical (unpaired) electrons. The lowest BCUT2D eigenvalue weighted by Crippen LogP contribution is -2.29. The molecule has 1 rings (SSSR count). The van der Waals surface area contributed by atoms with Crippen LogP contribution in [0.4, 0.5) is 0 Å². The highest BCUT2D eigenvalue weighted by molar-refractivity contribution is 5.07. The van der Waals surface area contributed by atoms with Crippen molar-refractivity contribution in [3.8, 4) is 0 Å². The molecule has 0 bridgehead atoms. The van der Waals surface area contributed by atoms with Gasteiger partial charge in [-0.05, 0) is 12.5 Å².